The van der Waals surface area contributed by atoms with Gasteiger partial charge in [-0.25, -0.2) is 0 Å². The molecule has 0 radical (unpaired) electrons. The van der Waals surface area contributed by atoms with Gasteiger partial charge in [-0.2, -0.15) is 13.2 Å². The van der Waals surface area contributed by atoms with Crippen LogP contribution in [-0.2, 0) is 26.1 Å². The van der Waals surface area contributed by atoms with Gasteiger partial charge in [-0.1, -0.05) is 24.8 Å². The summed E-state index contributed by atoms with van der Waals surface area (Å²) in [5, 5.41) is 2.18. The van der Waals surface area contributed by atoms with Crippen molar-refractivity contribution >= 4 is 35.0 Å². The van der Waals surface area contributed by atoms with E-state index < -0.39 is 40.3 Å². The molecule has 0 bridgehead atoms. The van der Waals surface area contributed by atoms with Crippen molar-refractivity contribution in [2.45, 2.75) is 59.6 Å². The highest BCUT2D eigenvalue weighted by atomic mass is 32.2. The Labute approximate surface area is 233 Å². The van der Waals surface area contributed by atoms with E-state index >= 15 is 0 Å². The maximum atomic E-state index is 13.9. The van der Waals surface area contributed by atoms with Crippen molar-refractivity contribution in [3.63, 3.8) is 0 Å². The Morgan fingerprint density at radius 2 is 1.98 bits per heavy atom. The number of benzene rings is 2. The van der Waals surface area contributed by atoms with E-state index in [9.17, 15) is 27.6 Å². The lowest BCUT2D eigenvalue weighted by Crippen LogP contribution is -2.61. The van der Waals surface area contributed by atoms with Gasteiger partial charge in [-0.05, 0) is 60.2 Å². The second-order valence-corrected chi connectivity index (χ2v) is 11.7. The zero-order valence-electron chi connectivity index (χ0n) is 21.8. The number of nitrogen functional groups attached to an aromatic ring is 1. The van der Waals surface area contributed by atoms with Crippen LogP contribution in [0, 0.1) is 6.92 Å². The minimum Gasteiger partial charge on any atom is -0.398 e. The van der Waals surface area contributed by atoms with Crippen molar-refractivity contribution in [1.29, 1.82) is 0 Å². The molecule has 1 aliphatic carbocycles. The number of aryl methyl sites for hydroxylation is 1. The largest absolute Gasteiger partial charge is 0.416 e. The first kappa shape index (κ1) is 28.2. The van der Waals surface area contributed by atoms with Crippen LogP contribution in [0.25, 0.3) is 0 Å². The van der Waals surface area contributed by atoms with Crippen LogP contribution in [0.15, 0.2) is 47.9 Å². The third-order valence-electron chi connectivity index (χ3n) is 8.14. The number of carbonyl (C=O) groups excluding carboxylic acids is 3. The molecule has 2 heterocycles. The average molecular weight is 574 g/mol. The molecular weight excluding hydrogens is 543 g/mol. The fraction of sp³-hybridized carbons (Fsp3) is 0.393. The Morgan fingerprint density at radius 3 is 2.65 bits per heavy atom. The lowest BCUT2D eigenvalue weighted by Gasteiger charge is -2.41. The average Bonchev–Trinajstić information content (AvgIpc) is 3.32. The molecule has 5 rings (SSSR count). The quantitative estimate of drug-likeness (QED) is 0.325. The summed E-state index contributed by atoms with van der Waals surface area (Å²) < 4.78 is 41.3. The third kappa shape index (κ3) is 4.38. The first-order valence-electron chi connectivity index (χ1n) is 12.9. The summed E-state index contributed by atoms with van der Waals surface area (Å²) in [7, 11) is 0. The van der Waals surface area contributed by atoms with Crippen LogP contribution in [0.4, 0.5) is 18.9 Å². The number of hydrogen-bond acceptors (Lipinski definition) is 7. The molecule has 0 aromatic heterocycles. The number of anilines is 1. The van der Waals surface area contributed by atoms with Gasteiger partial charge in [0.15, 0.2) is 5.78 Å². The van der Waals surface area contributed by atoms with Crippen LogP contribution in [0.5, 0.6) is 0 Å². The number of likely N-dealkylation sites (tertiary alicyclic amines) is 1. The van der Waals surface area contributed by atoms with E-state index in [1.165, 1.54) is 36.9 Å². The number of amides is 2. The summed E-state index contributed by atoms with van der Waals surface area (Å²) in [4.78, 5) is 41.7. The van der Waals surface area contributed by atoms with E-state index in [1.54, 1.807) is 17.0 Å². The molecule has 5 atom stereocenters. The predicted octanol–water partition coefficient (Wildman–Crippen LogP) is 2.56. The second kappa shape index (κ2) is 9.93. The van der Waals surface area contributed by atoms with Crippen LogP contribution in [0.3, 0.4) is 0 Å². The van der Waals surface area contributed by atoms with E-state index in [2.05, 4.69) is 11.9 Å². The Morgan fingerprint density at radius 1 is 1.25 bits per heavy atom. The molecule has 1 saturated heterocycles. The summed E-state index contributed by atoms with van der Waals surface area (Å²) in [5.41, 5.74) is 17.8. The number of halogens is 3. The van der Waals surface area contributed by atoms with Crippen LogP contribution in [-0.4, -0.2) is 52.9 Å². The number of carbonyl (C=O) groups is 3. The summed E-state index contributed by atoms with van der Waals surface area (Å²) in [5.74, 6) is -2.05. The number of nitrogens with zero attached hydrogens (tertiary/aromatic N) is 1. The number of alkyl halides is 3. The summed E-state index contributed by atoms with van der Waals surface area (Å²) in [6.07, 6.45) is -2.05. The summed E-state index contributed by atoms with van der Waals surface area (Å²) in [6, 6.07) is 5.10. The first-order chi connectivity index (χ1) is 18.8. The minimum absolute atomic E-state index is 0.00354. The van der Waals surface area contributed by atoms with E-state index in [4.69, 9.17) is 17.2 Å². The lowest BCUT2D eigenvalue weighted by molar-refractivity contribution is -0.138. The molecule has 7 N–H and O–H groups in total. The highest BCUT2D eigenvalue weighted by Gasteiger charge is 2.57. The fourth-order valence-electron chi connectivity index (χ4n) is 6.10. The molecule has 212 valence electrons. The highest BCUT2D eigenvalue weighted by molar-refractivity contribution is 8.01. The number of ketones is 1. The van der Waals surface area contributed by atoms with E-state index in [0.29, 0.717) is 42.1 Å². The van der Waals surface area contributed by atoms with Crippen molar-refractivity contribution in [2.24, 2.45) is 11.5 Å². The molecule has 0 spiro atoms. The molecule has 12 heteroatoms. The molecule has 40 heavy (non-hydrogen) atoms. The third-order valence-corrected chi connectivity index (χ3v) is 9.60. The van der Waals surface area contributed by atoms with Gasteiger partial charge in [0.2, 0.25) is 11.8 Å². The maximum absolute atomic E-state index is 13.9. The molecule has 8 nitrogen and oxygen atoms in total. The zero-order chi connectivity index (χ0) is 29.1. The van der Waals surface area contributed by atoms with Crippen molar-refractivity contribution in [3.05, 3.63) is 70.8 Å². The van der Waals surface area contributed by atoms with Crippen LogP contribution in [0.2, 0.25) is 0 Å². The molecule has 3 aliphatic rings. The predicted molar refractivity (Wildman–Crippen MR) is 145 cm³/mol. The van der Waals surface area contributed by atoms with Gasteiger partial charge in [0.1, 0.15) is 5.54 Å². The highest BCUT2D eigenvalue weighted by Crippen LogP contribution is 2.56. The maximum Gasteiger partial charge on any atom is 0.416 e. The number of thioether (sulfide) groups is 1. The van der Waals surface area contributed by atoms with Gasteiger partial charge >= 0.3 is 6.18 Å². The second-order valence-electron chi connectivity index (χ2n) is 10.6. The van der Waals surface area contributed by atoms with Gasteiger partial charge in [0.25, 0.3) is 0 Å². The molecule has 2 amide bonds. The number of piperidine rings is 1. The standard InChI is InChI=1S/C28H30F3N5O3S/c1-3-19(37)36-10-4-5-15(12-36)35-26(39)24-21-20-16(8-9-18(32)23(20)40-24)27(34,25(38)22(21)33)14-7-6-13(2)17(11-14)28(29,30)31/h3,6-9,11,15,21-22,24H,1,4-5,10,12,32-34H2,2H3,(H,35,39). The normalized spacial score (nSPS) is 27.8. The molecule has 0 saturated carbocycles. The molecule has 2 aromatic rings. The minimum atomic E-state index is -4.65. The van der Waals surface area contributed by atoms with E-state index in [-0.39, 0.29) is 34.5 Å². The topological polar surface area (TPSA) is 145 Å². The van der Waals surface area contributed by atoms with Crippen molar-refractivity contribution in [1.82, 2.24) is 10.2 Å². The lowest BCUT2D eigenvalue weighted by atomic mass is 9.65. The summed E-state index contributed by atoms with van der Waals surface area (Å²) in [6.45, 7) is 5.74. The number of nitrogens with one attached hydrogen (secondary N) is 1. The van der Waals surface area contributed by atoms with Crippen LogP contribution < -0.4 is 22.5 Å². The van der Waals surface area contributed by atoms with Crippen molar-refractivity contribution < 1.29 is 27.6 Å². The molecule has 2 aliphatic heterocycles. The first-order valence-corrected chi connectivity index (χ1v) is 13.7. The van der Waals surface area contributed by atoms with Gasteiger partial charge < -0.3 is 27.4 Å². The number of hydrogen-bond donors (Lipinski definition) is 4. The Kier molecular flexibility index (Phi) is 7.00. The molecule has 1 fully saturated rings. The molecular formula is C28H30F3N5O3S. The SMILES string of the molecule is C=CC(=O)N1CCCC(NC(=O)C2Sc3c(N)ccc4c3C2C(N)C(=O)C4(N)c2ccc(C)c(C(F)(F)F)c2)C1. The van der Waals surface area contributed by atoms with Gasteiger partial charge in [0.05, 0.1) is 16.9 Å². The molecule has 2 aromatic carbocycles. The van der Waals surface area contributed by atoms with Gasteiger partial charge in [-0.3, -0.25) is 14.4 Å². The fourth-order valence-corrected chi connectivity index (χ4v) is 7.55. The van der Waals surface area contributed by atoms with Crippen molar-refractivity contribution in [3.8, 4) is 0 Å². The number of rotatable bonds is 4. The van der Waals surface area contributed by atoms with Crippen molar-refractivity contribution in [2.75, 3.05) is 18.8 Å². The zero-order valence-corrected chi connectivity index (χ0v) is 22.6. The van der Waals surface area contributed by atoms with Gasteiger partial charge in [0, 0.05) is 35.6 Å². The Balaban J connectivity index is 1.52. The van der Waals surface area contributed by atoms with E-state index in [1.807, 2.05) is 0 Å². The Hall–Kier alpha value is -3.35. The number of nitrogens with two attached hydrogens (primary N) is 3. The van der Waals surface area contributed by atoms with Crippen LogP contribution >= 0.6 is 11.8 Å². The van der Waals surface area contributed by atoms with E-state index in [0.717, 1.165) is 6.07 Å². The smallest absolute Gasteiger partial charge is 0.398 e. The summed E-state index contributed by atoms with van der Waals surface area (Å²) >= 11 is 1.17. The van der Waals surface area contributed by atoms with Crippen LogP contribution in [0.1, 0.15) is 46.6 Å². The van der Waals surface area contributed by atoms with Gasteiger partial charge in [-0.15, -0.1) is 11.8 Å². The molecule has 5 unspecified atom stereocenters. The monoisotopic (exact) mass is 573 g/mol. The number of Topliss-reactive ketones (excluding diaryl/α,β-unsaturated/α-hetero) is 1. The Bertz CT molecular complexity index is 1430.